The number of methoxy groups -OCH3 is 1. The third-order valence-electron chi connectivity index (χ3n) is 2.34. The van der Waals surface area contributed by atoms with Gasteiger partial charge in [0.1, 0.15) is 23.9 Å². The van der Waals surface area contributed by atoms with E-state index in [0.717, 1.165) is 10.0 Å². The van der Waals surface area contributed by atoms with E-state index in [0.29, 0.717) is 24.7 Å². The first-order valence-electron chi connectivity index (χ1n) is 5.33. The van der Waals surface area contributed by atoms with Crippen molar-refractivity contribution in [3.8, 4) is 17.0 Å². The highest BCUT2D eigenvalue weighted by Crippen LogP contribution is 2.33. The van der Waals surface area contributed by atoms with Crippen molar-refractivity contribution in [1.82, 2.24) is 10.2 Å². The average Bonchev–Trinajstić information content (AvgIpc) is 2.76. The molecule has 0 aliphatic carbocycles. The molecule has 0 aliphatic rings. The summed E-state index contributed by atoms with van der Waals surface area (Å²) in [4.78, 5) is 0. The van der Waals surface area contributed by atoms with Crippen LogP contribution in [0.25, 0.3) is 11.3 Å². The quantitative estimate of drug-likeness (QED) is 0.863. The van der Waals surface area contributed by atoms with Crippen molar-refractivity contribution < 1.29 is 13.9 Å². The minimum absolute atomic E-state index is 0.349. The molecule has 0 radical (unpaired) electrons. The summed E-state index contributed by atoms with van der Waals surface area (Å²) in [5.41, 5.74) is 1.41. The fraction of sp³-hybridized carbons (Fsp3) is 0.250. The Morgan fingerprint density at radius 1 is 1.39 bits per heavy atom. The number of nitrogens with zero attached hydrogens (tertiary/aromatic N) is 1. The SMILES string of the molecule is COCCOc1cc(F)ccc1-c1n[nH]cc1Br. The summed E-state index contributed by atoms with van der Waals surface area (Å²) in [5, 5.41) is 6.83. The third-order valence-corrected chi connectivity index (χ3v) is 2.94. The van der Waals surface area contributed by atoms with Crippen molar-refractivity contribution in [3.63, 3.8) is 0 Å². The molecule has 0 bridgehead atoms. The number of rotatable bonds is 5. The van der Waals surface area contributed by atoms with Gasteiger partial charge in [0.05, 0.1) is 11.1 Å². The van der Waals surface area contributed by atoms with Crippen LogP contribution in [-0.4, -0.2) is 30.5 Å². The largest absolute Gasteiger partial charge is 0.490 e. The van der Waals surface area contributed by atoms with E-state index in [2.05, 4.69) is 26.1 Å². The Hall–Kier alpha value is -1.40. The summed E-state index contributed by atoms with van der Waals surface area (Å²) in [6.45, 7) is 0.798. The molecule has 2 aromatic rings. The molecule has 1 aromatic heterocycles. The van der Waals surface area contributed by atoms with E-state index < -0.39 is 0 Å². The normalized spacial score (nSPS) is 10.6. The van der Waals surface area contributed by atoms with Gasteiger partial charge in [-0.25, -0.2) is 4.39 Å². The molecule has 0 spiro atoms. The van der Waals surface area contributed by atoms with Crippen LogP contribution in [0.1, 0.15) is 0 Å². The van der Waals surface area contributed by atoms with Crippen molar-refractivity contribution in [3.05, 3.63) is 34.7 Å². The first-order valence-corrected chi connectivity index (χ1v) is 6.12. The van der Waals surface area contributed by atoms with Crippen LogP contribution in [0.15, 0.2) is 28.9 Å². The first kappa shape index (κ1) is 13.0. The molecule has 18 heavy (non-hydrogen) atoms. The molecule has 0 saturated heterocycles. The molecule has 2 rings (SSSR count). The van der Waals surface area contributed by atoms with Crippen LogP contribution in [0.2, 0.25) is 0 Å². The summed E-state index contributed by atoms with van der Waals surface area (Å²) in [6.07, 6.45) is 1.71. The van der Waals surface area contributed by atoms with Gasteiger partial charge in [0.2, 0.25) is 0 Å². The number of halogens is 2. The van der Waals surface area contributed by atoms with E-state index in [1.54, 1.807) is 19.4 Å². The molecule has 96 valence electrons. The summed E-state index contributed by atoms with van der Waals surface area (Å²) in [5.74, 6) is 0.0951. The maximum atomic E-state index is 13.2. The van der Waals surface area contributed by atoms with Gasteiger partial charge in [-0.05, 0) is 28.1 Å². The molecule has 1 heterocycles. The van der Waals surface area contributed by atoms with Crippen LogP contribution in [0.3, 0.4) is 0 Å². The zero-order valence-electron chi connectivity index (χ0n) is 9.74. The predicted molar refractivity (Wildman–Crippen MR) is 69.1 cm³/mol. The van der Waals surface area contributed by atoms with Crippen molar-refractivity contribution in [1.29, 1.82) is 0 Å². The summed E-state index contributed by atoms with van der Waals surface area (Å²) in [7, 11) is 1.58. The maximum Gasteiger partial charge on any atom is 0.131 e. The van der Waals surface area contributed by atoms with E-state index >= 15 is 0 Å². The van der Waals surface area contributed by atoms with Gasteiger partial charge in [-0.15, -0.1) is 0 Å². The number of H-pyrrole nitrogens is 1. The van der Waals surface area contributed by atoms with Crippen LogP contribution in [0.4, 0.5) is 4.39 Å². The number of benzene rings is 1. The number of aromatic nitrogens is 2. The topological polar surface area (TPSA) is 47.1 Å². The van der Waals surface area contributed by atoms with Gasteiger partial charge in [0.25, 0.3) is 0 Å². The lowest BCUT2D eigenvalue weighted by atomic mass is 10.1. The molecule has 0 aliphatic heterocycles. The summed E-state index contributed by atoms with van der Waals surface area (Å²) in [6, 6.07) is 4.35. The van der Waals surface area contributed by atoms with E-state index in [1.165, 1.54) is 12.1 Å². The van der Waals surface area contributed by atoms with Gasteiger partial charge in [-0.3, -0.25) is 5.10 Å². The fourth-order valence-corrected chi connectivity index (χ4v) is 1.91. The van der Waals surface area contributed by atoms with E-state index in [9.17, 15) is 4.39 Å². The number of ether oxygens (including phenoxy) is 2. The highest BCUT2D eigenvalue weighted by atomic mass is 79.9. The lowest BCUT2D eigenvalue weighted by Gasteiger charge is -2.10. The van der Waals surface area contributed by atoms with Crippen LogP contribution in [0.5, 0.6) is 5.75 Å². The van der Waals surface area contributed by atoms with Gasteiger partial charge < -0.3 is 9.47 Å². The van der Waals surface area contributed by atoms with Gasteiger partial charge in [0, 0.05) is 24.9 Å². The van der Waals surface area contributed by atoms with Gasteiger partial charge >= 0.3 is 0 Å². The molecule has 0 fully saturated rings. The molecule has 6 heteroatoms. The second-order valence-corrected chi connectivity index (χ2v) is 4.42. The van der Waals surface area contributed by atoms with Crippen LogP contribution in [-0.2, 0) is 4.74 Å². The smallest absolute Gasteiger partial charge is 0.131 e. The molecular weight excluding hydrogens is 303 g/mol. The lowest BCUT2D eigenvalue weighted by molar-refractivity contribution is 0.146. The number of nitrogens with one attached hydrogen (secondary N) is 1. The Kier molecular flexibility index (Phi) is 4.33. The van der Waals surface area contributed by atoms with E-state index in [4.69, 9.17) is 9.47 Å². The zero-order chi connectivity index (χ0) is 13.0. The Morgan fingerprint density at radius 3 is 2.89 bits per heavy atom. The average molecular weight is 315 g/mol. The lowest BCUT2D eigenvalue weighted by Crippen LogP contribution is -2.05. The molecule has 0 atom stereocenters. The second kappa shape index (κ2) is 5.97. The first-order chi connectivity index (χ1) is 8.72. The minimum Gasteiger partial charge on any atom is -0.490 e. The Bertz CT molecular complexity index is 531. The Balaban J connectivity index is 2.32. The van der Waals surface area contributed by atoms with Crippen molar-refractivity contribution in [2.75, 3.05) is 20.3 Å². The minimum atomic E-state index is -0.349. The van der Waals surface area contributed by atoms with Gasteiger partial charge in [0.15, 0.2) is 0 Å². The number of hydrogen-bond donors (Lipinski definition) is 1. The highest BCUT2D eigenvalue weighted by Gasteiger charge is 2.13. The Labute approximate surface area is 112 Å². The predicted octanol–water partition coefficient (Wildman–Crippen LogP) is 3.00. The highest BCUT2D eigenvalue weighted by molar-refractivity contribution is 9.10. The third kappa shape index (κ3) is 2.88. The fourth-order valence-electron chi connectivity index (χ4n) is 1.51. The van der Waals surface area contributed by atoms with Crippen molar-refractivity contribution in [2.24, 2.45) is 0 Å². The standard InChI is InChI=1S/C12H12BrFN2O2/c1-17-4-5-18-11-6-8(14)2-3-9(11)12-10(13)7-15-16-12/h2-3,6-7H,4-5H2,1H3,(H,15,16). The molecule has 0 amide bonds. The van der Waals surface area contributed by atoms with Gasteiger partial charge in [-0.1, -0.05) is 0 Å². The van der Waals surface area contributed by atoms with Crippen molar-refractivity contribution in [2.45, 2.75) is 0 Å². The molecule has 1 aromatic carbocycles. The van der Waals surface area contributed by atoms with E-state index in [1.807, 2.05) is 0 Å². The zero-order valence-corrected chi connectivity index (χ0v) is 11.3. The summed E-state index contributed by atoms with van der Waals surface area (Å²) < 4.78 is 24.4. The Morgan fingerprint density at radius 2 is 2.22 bits per heavy atom. The van der Waals surface area contributed by atoms with Gasteiger partial charge in [-0.2, -0.15) is 5.10 Å². The molecule has 4 nitrogen and oxygen atoms in total. The van der Waals surface area contributed by atoms with Crippen LogP contribution < -0.4 is 4.74 Å². The monoisotopic (exact) mass is 314 g/mol. The second-order valence-electron chi connectivity index (χ2n) is 3.56. The molecule has 1 N–H and O–H groups in total. The van der Waals surface area contributed by atoms with Crippen molar-refractivity contribution >= 4 is 15.9 Å². The summed E-state index contributed by atoms with van der Waals surface area (Å²) >= 11 is 3.37. The van der Waals surface area contributed by atoms with Crippen LogP contribution >= 0.6 is 15.9 Å². The molecule has 0 unspecified atom stereocenters. The number of hydrogen-bond acceptors (Lipinski definition) is 3. The molecule has 0 saturated carbocycles. The van der Waals surface area contributed by atoms with Crippen LogP contribution in [0, 0.1) is 5.82 Å². The number of aromatic amines is 1. The maximum absolute atomic E-state index is 13.2. The van der Waals surface area contributed by atoms with E-state index in [-0.39, 0.29) is 5.82 Å². The molecular formula is C12H12BrFN2O2.